The van der Waals surface area contributed by atoms with E-state index in [2.05, 4.69) is 0 Å². The third-order valence-corrected chi connectivity index (χ3v) is 4.72. The third-order valence-electron chi connectivity index (χ3n) is 4.72. The van der Waals surface area contributed by atoms with Gasteiger partial charge in [0.05, 0.1) is 6.42 Å². The number of hydrogen-bond acceptors (Lipinski definition) is 2. The number of likely N-dealkylation sites (tertiary alicyclic amines) is 1. The molecule has 0 spiro atoms. The highest BCUT2D eigenvalue weighted by Gasteiger charge is 2.41. The SMILES string of the molecule is Cl.NC1[C@@H]2CC[C@H]1CN(C(=O)Cc1ccc(F)c(F)c1F)C2. The minimum absolute atomic E-state index is 0. The summed E-state index contributed by atoms with van der Waals surface area (Å²) in [6.45, 7) is 1.14. The van der Waals surface area contributed by atoms with Crippen molar-refractivity contribution in [1.29, 1.82) is 0 Å². The number of piperidine rings is 1. The number of amides is 1. The molecular formula is C15H18ClF3N2O. The number of benzene rings is 1. The lowest BCUT2D eigenvalue weighted by molar-refractivity contribution is -0.132. The van der Waals surface area contributed by atoms with E-state index in [-0.39, 0.29) is 36.3 Å². The predicted molar refractivity (Wildman–Crippen MR) is 78.0 cm³/mol. The minimum Gasteiger partial charge on any atom is -0.342 e. The lowest BCUT2D eigenvalue weighted by Gasteiger charge is -2.36. The molecule has 1 heterocycles. The second-order valence-electron chi connectivity index (χ2n) is 5.98. The van der Waals surface area contributed by atoms with E-state index < -0.39 is 17.5 Å². The van der Waals surface area contributed by atoms with Gasteiger partial charge in [-0.05, 0) is 30.7 Å². The summed E-state index contributed by atoms with van der Waals surface area (Å²) in [6.07, 6.45) is 1.77. The number of carbonyl (C=O) groups is 1. The van der Waals surface area contributed by atoms with Gasteiger partial charge in [0.1, 0.15) is 0 Å². The van der Waals surface area contributed by atoms with Crippen molar-refractivity contribution >= 4 is 18.3 Å². The van der Waals surface area contributed by atoms with E-state index >= 15 is 0 Å². The van der Waals surface area contributed by atoms with Gasteiger partial charge in [0.15, 0.2) is 17.5 Å². The Kier molecular flexibility index (Phi) is 5.02. The van der Waals surface area contributed by atoms with Crippen molar-refractivity contribution < 1.29 is 18.0 Å². The molecule has 2 fully saturated rings. The molecule has 1 aliphatic carbocycles. The molecule has 1 saturated carbocycles. The van der Waals surface area contributed by atoms with Crippen molar-refractivity contribution in [3.63, 3.8) is 0 Å². The van der Waals surface area contributed by atoms with E-state index in [0.29, 0.717) is 24.9 Å². The molecule has 3 atom stereocenters. The van der Waals surface area contributed by atoms with E-state index in [0.717, 1.165) is 25.0 Å². The van der Waals surface area contributed by atoms with Crippen LogP contribution in [0.15, 0.2) is 12.1 Å². The zero-order valence-electron chi connectivity index (χ0n) is 11.9. The van der Waals surface area contributed by atoms with E-state index in [1.807, 2.05) is 0 Å². The van der Waals surface area contributed by atoms with Gasteiger partial charge in [-0.2, -0.15) is 0 Å². The smallest absolute Gasteiger partial charge is 0.227 e. The van der Waals surface area contributed by atoms with Crippen LogP contribution in [0.1, 0.15) is 18.4 Å². The summed E-state index contributed by atoms with van der Waals surface area (Å²) >= 11 is 0. The number of nitrogens with zero attached hydrogens (tertiary/aromatic N) is 1. The number of hydrogen-bond donors (Lipinski definition) is 1. The summed E-state index contributed by atoms with van der Waals surface area (Å²) in [5.41, 5.74) is 5.96. The highest BCUT2D eigenvalue weighted by Crippen LogP contribution is 2.35. The maximum Gasteiger partial charge on any atom is 0.227 e. The predicted octanol–water partition coefficient (Wildman–Crippen LogP) is 2.26. The molecule has 22 heavy (non-hydrogen) atoms. The molecule has 3 nitrogen and oxygen atoms in total. The average Bonchev–Trinajstić information content (AvgIpc) is 2.68. The fourth-order valence-electron chi connectivity index (χ4n) is 3.45. The standard InChI is InChI=1S/C15H17F3N2O.ClH/c16-11-4-3-8(13(17)14(11)18)5-12(21)20-6-9-1-2-10(7-20)15(9)19;/h3-4,9-10,15H,1-2,5-7,19H2;1H/t9-,10+,15?;. The summed E-state index contributed by atoms with van der Waals surface area (Å²) in [4.78, 5) is 13.9. The molecule has 1 saturated heterocycles. The Hall–Kier alpha value is -1.27. The number of rotatable bonds is 2. The van der Waals surface area contributed by atoms with Crippen LogP contribution < -0.4 is 5.73 Å². The van der Waals surface area contributed by atoms with Gasteiger partial charge in [-0.25, -0.2) is 13.2 Å². The summed E-state index contributed by atoms with van der Waals surface area (Å²) in [5.74, 6) is -3.72. The monoisotopic (exact) mass is 334 g/mol. The van der Waals surface area contributed by atoms with E-state index in [4.69, 9.17) is 5.73 Å². The second-order valence-corrected chi connectivity index (χ2v) is 5.98. The van der Waals surface area contributed by atoms with Crippen molar-refractivity contribution in [3.8, 4) is 0 Å². The summed E-state index contributed by atoms with van der Waals surface area (Å²) in [6, 6.07) is 2.10. The third kappa shape index (κ3) is 2.94. The molecule has 1 aromatic carbocycles. The fraction of sp³-hybridized carbons (Fsp3) is 0.533. The van der Waals surface area contributed by atoms with Crippen LogP contribution in [0.5, 0.6) is 0 Å². The largest absolute Gasteiger partial charge is 0.342 e. The first kappa shape index (κ1) is 17.1. The van der Waals surface area contributed by atoms with Gasteiger partial charge in [-0.1, -0.05) is 6.07 Å². The lowest BCUT2D eigenvalue weighted by Crippen LogP contribution is -2.51. The first-order valence-electron chi connectivity index (χ1n) is 7.13. The van der Waals surface area contributed by atoms with Crippen molar-refractivity contribution in [2.75, 3.05) is 13.1 Å². The van der Waals surface area contributed by atoms with Crippen LogP contribution in [0, 0.1) is 29.3 Å². The van der Waals surface area contributed by atoms with Crippen molar-refractivity contribution in [3.05, 3.63) is 35.1 Å². The molecule has 0 aromatic heterocycles. The van der Waals surface area contributed by atoms with Crippen LogP contribution in [-0.2, 0) is 11.2 Å². The summed E-state index contributed by atoms with van der Waals surface area (Å²) < 4.78 is 39.7. The first-order valence-corrected chi connectivity index (χ1v) is 7.13. The van der Waals surface area contributed by atoms with E-state index in [1.165, 1.54) is 0 Å². The maximum atomic E-state index is 13.6. The molecule has 1 aliphatic heterocycles. The van der Waals surface area contributed by atoms with Gasteiger partial charge >= 0.3 is 0 Å². The van der Waals surface area contributed by atoms with Gasteiger partial charge in [-0.3, -0.25) is 4.79 Å². The topological polar surface area (TPSA) is 46.3 Å². The maximum absolute atomic E-state index is 13.6. The van der Waals surface area contributed by atoms with Crippen LogP contribution in [0.3, 0.4) is 0 Å². The molecule has 1 amide bonds. The highest BCUT2D eigenvalue weighted by molar-refractivity contribution is 5.85. The van der Waals surface area contributed by atoms with Crippen LogP contribution in [0.4, 0.5) is 13.2 Å². The average molecular weight is 335 g/mol. The molecule has 1 unspecified atom stereocenters. The zero-order valence-corrected chi connectivity index (χ0v) is 12.7. The molecule has 0 radical (unpaired) electrons. The van der Waals surface area contributed by atoms with Gasteiger partial charge in [0.2, 0.25) is 5.91 Å². The number of nitrogens with two attached hydrogens (primary N) is 1. The Bertz CT molecular complexity index is 570. The molecule has 7 heteroatoms. The van der Waals surface area contributed by atoms with Crippen LogP contribution >= 0.6 is 12.4 Å². The molecule has 1 aromatic rings. The summed E-state index contributed by atoms with van der Waals surface area (Å²) in [5, 5.41) is 0. The molecule has 3 rings (SSSR count). The Balaban J connectivity index is 0.00000176. The highest BCUT2D eigenvalue weighted by atomic mass is 35.5. The Morgan fingerprint density at radius 1 is 1.14 bits per heavy atom. The number of fused-ring (bicyclic) bond motifs is 2. The lowest BCUT2D eigenvalue weighted by atomic mass is 9.92. The number of carbonyl (C=O) groups excluding carboxylic acids is 1. The normalized spacial score (nSPS) is 26.7. The van der Waals surface area contributed by atoms with Crippen LogP contribution in [0.25, 0.3) is 0 Å². The molecule has 2 aliphatic rings. The first-order chi connectivity index (χ1) is 9.97. The zero-order chi connectivity index (χ0) is 15.1. The second kappa shape index (κ2) is 6.46. The molecule has 2 N–H and O–H groups in total. The van der Waals surface area contributed by atoms with Crippen molar-refractivity contribution in [1.82, 2.24) is 4.90 Å². The molecule has 122 valence electrons. The molecule has 2 bridgehead atoms. The minimum atomic E-state index is -1.53. The quantitative estimate of drug-likeness (QED) is 0.843. The van der Waals surface area contributed by atoms with E-state index in [9.17, 15) is 18.0 Å². The fourth-order valence-corrected chi connectivity index (χ4v) is 3.45. The van der Waals surface area contributed by atoms with Gasteiger partial charge in [0.25, 0.3) is 0 Å². The van der Waals surface area contributed by atoms with Crippen molar-refractivity contribution in [2.24, 2.45) is 17.6 Å². The summed E-state index contributed by atoms with van der Waals surface area (Å²) in [7, 11) is 0. The van der Waals surface area contributed by atoms with Gasteiger partial charge in [-0.15, -0.1) is 12.4 Å². The van der Waals surface area contributed by atoms with Gasteiger partial charge < -0.3 is 10.6 Å². The van der Waals surface area contributed by atoms with Crippen molar-refractivity contribution in [2.45, 2.75) is 25.3 Å². The Labute approximate surface area is 133 Å². The van der Waals surface area contributed by atoms with E-state index in [1.54, 1.807) is 4.90 Å². The van der Waals surface area contributed by atoms with Gasteiger partial charge in [0, 0.05) is 24.7 Å². The Morgan fingerprint density at radius 2 is 1.73 bits per heavy atom. The Morgan fingerprint density at radius 3 is 2.32 bits per heavy atom. The van der Waals surface area contributed by atoms with Crippen LogP contribution in [-0.4, -0.2) is 29.9 Å². The van der Waals surface area contributed by atoms with Crippen LogP contribution in [0.2, 0.25) is 0 Å². The molecular weight excluding hydrogens is 317 g/mol. The number of halogens is 4.